The van der Waals surface area contributed by atoms with E-state index in [9.17, 15) is 14.9 Å². The SMILES string of the molecule is CC(C)C(C)N(C)CC(=O)c1ccc([N+](=O)[O-])cc1. The van der Waals surface area contributed by atoms with Crippen molar-refractivity contribution in [1.29, 1.82) is 0 Å². The number of likely N-dealkylation sites (N-methyl/N-ethyl adjacent to an activating group) is 1. The summed E-state index contributed by atoms with van der Waals surface area (Å²) in [4.78, 5) is 24.1. The topological polar surface area (TPSA) is 63.5 Å². The smallest absolute Gasteiger partial charge is 0.269 e. The van der Waals surface area contributed by atoms with Crippen LogP contribution in [0.3, 0.4) is 0 Å². The van der Waals surface area contributed by atoms with Crippen molar-refractivity contribution < 1.29 is 9.72 Å². The molecule has 0 radical (unpaired) electrons. The highest BCUT2D eigenvalue weighted by atomic mass is 16.6. The van der Waals surface area contributed by atoms with E-state index in [0.29, 0.717) is 24.1 Å². The van der Waals surface area contributed by atoms with Gasteiger partial charge in [-0.2, -0.15) is 0 Å². The van der Waals surface area contributed by atoms with E-state index in [0.717, 1.165) is 0 Å². The van der Waals surface area contributed by atoms with Crippen molar-refractivity contribution in [3.63, 3.8) is 0 Å². The molecule has 0 aliphatic carbocycles. The van der Waals surface area contributed by atoms with Crippen LogP contribution in [0.4, 0.5) is 5.69 Å². The fourth-order valence-corrected chi connectivity index (χ4v) is 1.74. The van der Waals surface area contributed by atoms with Gasteiger partial charge in [-0.25, -0.2) is 0 Å². The van der Waals surface area contributed by atoms with Gasteiger partial charge in [0.15, 0.2) is 5.78 Å². The molecule has 1 rings (SSSR count). The number of nitro benzene ring substituents is 1. The minimum atomic E-state index is -0.471. The Labute approximate surface area is 113 Å². The largest absolute Gasteiger partial charge is 0.296 e. The third-order valence-corrected chi connectivity index (χ3v) is 3.45. The number of Topliss-reactive ketones (excluding diaryl/α,β-unsaturated/α-hetero) is 1. The van der Waals surface area contributed by atoms with Crippen LogP contribution in [-0.2, 0) is 0 Å². The summed E-state index contributed by atoms with van der Waals surface area (Å²) in [7, 11) is 1.91. The summed E-state index contributed by atoms with van der Waals surface area (Å²) in [6.07, 6.45) is 0. The molecule has 5 nitrogen and oxygen atoms in total. The zero-order valence-electron chi connectivity index (χ0n) is 11.8. The molecule has 0 aromatic heterocycles. The molecule has 1 unspecified atom stereocenters. The Bertz CT molecular complexity index is 454. The number of ketones is 1. The van der Waals surface area contributed by atoms with Crippen LogP contribution in [0.25, 0.3) is 0 Å². The van der Waals surface area contributed by atoms with Gasteiger partial charge >= 0.3 is 0 Å². The summed E-state index contributed by atoms with van der Waals surface area (Å²) >= 11 is 0. The fourth-order valence-electron chi connectivity index (χ4n) is 1.74. The summed E-state index contributed by atoms with van der Waals surface area (Å²) < 4.78 is 0. The second kappa shape index (κ2) is 6.43. The van der Waals surface area contributed by atoms with Gasteiger partial charge in [0.2, 0.25) is 0 Å². The number of benzene rings is 1. The Hall–Kier alpha value is -1.75. The lowest BCUT2D eigenvalue weighted by Gasteiger charge is -2.27. The molecule has 0 N–H and O–H groups in total. The van der Waals surface area contributed by atoms with Gasteiger partial charge in [-0.1, -0.05) is 13.8 Å². The molecular weight excluding hydrogens is 244 g/mol. The molecule has 0 heterocycles. The van der Waals surface area contributed by atoms with Gasteiger partial charge in [-0.15, -0.1) is 0 Å². The van der Waals surface area contributed by atoms with Gasteiger partial charge in [0.1, 0.15) is 0 Å². The summed E-state index contributed by atoms with van der Waals surface area (Å²) in [6.45, 7) is 6.61. The quantitative estimate of drug-likeness (QED) is 0.450. The summed E-state index contributed by atoms with van der Waals surface area (Å²) in [5, 5.41) is 10.5. The van der Waals surface area contributed by atoms with Crippen LogP contribution in [0.1, 0.15) is 31.1 Å². The molecule has 0 aliphatic heterocycles. The van der Waals surface area contributed by atoms with Gasteiger partial charge in [-0.05, 0) is 32.0 Å². The Morgan fingerprint density at radius 1 is 1.26 bits per heavy atom. The molecule has 1 aromatic rings. The molecular formula is C14H20N2O3. The van der Waals surface area contributed by atoms with E-state index in [1.54, 1.807) is 0 Å². The second-order valence-corrected chi connectivity index (χ2v) is 5.13. The van der Waals surface area contributed by atoms with Crippen molar-refractivity contribution in [2.45, 2.75) is 26.8 Å². The van der Waals surface area contributed by atoms with Crippen LogP contribution in [0.2, 0.25) is 0 Å². The Morgan fingerprint density at radius 3 is 2.21 bits per heavy atom. The van der Waals surface area contributed by atoms with Crippen molar-refractivity contribution in [1.82, 2.24) is 4.90 Å². The first kappa shape index (κ1) is 15.3. The summed E-state index contributed by atoms with van der Waals surface area (Å²) in [5.74, 6) is 0.444. The molecule has 0 aliphatic rings. The number of nitro groups is 1. The first-order chi connectivity index (χ1) is 8.82. The summed E-state index contributed by atoms with van der Waals surface area (Å²) in [5.41, 5.74) is 0.508. The molecule has 0 spiro atoms. The average molecular weight is 264 g/mol. The maximum Gasteiger partial charge on any atom is 0.269 e. The van der Waals surface area contributed by atoms with E-state index in [1.807, 2.05) is 11.9 Å². The van der Waals surface area contributed by atoms with E-state index >= 15 is 0 Å². The second-order valence-electron chi connectivity index (χ2n) is 5.13. The van der Waals surface area contributed by atoms with E-state index < -0.39 is 4.92 Å². The third-order valence-electron chi connectivity index (χ3n) is 3.45. The predicted octanol–water partition coefficient (Wildman–Crippen LogP) is 2.75. The molecule has 104 valence electrons. The van der Waals surface area contributed by atoms with Crippen molar-refractivity contribution >= 4 is 11.5 Å². The standard InChI is InChI=1S/C14H20N2O3/c1-10(2)11(3)15(4)9-14(17)12-5-7-13(8-6-12)16(18)19/h5-8,10-11H,9H2,1-4H3. The molecule has 0 fully saturated rings. The van der Waals surface area contributed by atoms with Crippen LogP contribution >= 0.6 is 0 Å². The molecule has 1 atom stereocenters. The number of nitrogens with zero attached hydrogens (tertiary/aromatic N) is 2. The number of non-ortho nitro benzene ring substituents is 1. The van der Waals surface area contributed by atoms with E-state index in [-0.39, 0.29) is 11.5 Å². The number of hydrogen-bond acceptors (Lipinski definition) is 4. The lowest BCUT2D eigenvalue weighted by Crippen LogP contribution is -2.37. The molecule has 5 heteroatoms. The molecule has 1 aromatic carbocycles. The van der Waals surface area contributed by atoms with E-state index in [4.69, 9.17) is 0 Å². The van der Waals surface area contributed by atoms with Crippen molar-refractivity contribution in [2.75, 3.05) is 13.6 Å². The lowest BCUT2D eigenvalue weighted by molar-refractivity contribution is -0.384. The van der Waals surface area contributed by atoms with Crippen LogP contribution in [-0.4, -0.2) is 35.2 Å². The molecule has 19 heavy (non-hydrogen) atoms. The summed E-state index contributed by atoms with van der Waals surface area (Å²) in [6, 6.07) is 6.04. The zero-order valence-corrected chi connectivity index (χ0v) is 11.8. The van der Waals surface area contributed by atoms with Crippen LogP contribution < -0.4 is 0 Å². The Kier molecular flexibility index (Phi) is 5.18. The monoisotopic (exact) mass is 264 g/mol. The van der Waals surface area contributed by atoms with Gasteiger partial charge < -0.3 is 0 Å². The average Bonchev–Trinajstić information content (AvgIpc) is 2.37. The first-order valence-corrected chi connectivity index (χ1v) is 6.30. The number of rotatable bonds is 6. The number of carbonyl (C=O) groups is 1. The van der Waals surface area contributed by atoms with Crippen molar-refractivity contribution in [3.05, 3.63) is 39.9 Å². The van der Waals surface area contributed by atoms with Crippen LogP contribution in [0.5, 0.6) is 0 Å². The lowest BCUT2D eigenvalue weighted by atomic mass is 10.0. The molecule has 0 saturated heterocycles. The molecule has 0 saturated carbocycles. The minimum Gasteiger partial charge on any atom is -0.296 e. The van der Waals surface area contributed by atoms with Crippen molar-refractivity contribution in [3.8, 4) is 0 Å². The Morgan fingerprint density at radius 2 is 1.79 bits per heavy atom. The van der Waals surface area contributed by atoms with Crippen molar-refractivity contribution in [2.24, 2.45) is 5.92 Å². The minimum absolute atomic E-state index is 0.000420. The van der Waals surface area contributed by atoms with Crippen LogP contribution in [0.15, 0.2) is 24.3 Å². The highest BCUT2D eigenvalue weighted by Crippen LogP contribution is 2.14. The van der Waals surface area contributed by atoms with Gasteiger partial charge in [0, 0.05) is 23.7 Å². The highest BCUT2D eigenvalue weighted by molar-refractivity contribution is 5.97. The predicted molar refractivity (Wildman–Crippen MR) is 74.4 cm³/mol. The third kappa shape index (κ3) is 4.13. The maximum absolute atomic E-state index is 12.1. The zero-order chi connectivity index (χ0) is 14.6. The van der Waals surface area contributed by atoms with Crippen LogP contribution in [0, 0.1) is 16.0 Å². The normalized spacial score (nSPS) is 12.7. The molecule has 0 amide bonds. The number of hydrogen-bond donors (Lipinski definition) is 0. The maximum atomic E-state index is 12.1. The highest BCUT2D eigenvalue weighted by Gasteiger charge is 2.17. The van der Waals surface area contributed by atoms with E-state index in [2.05, 4.69) is 20.8 Å². The van der Waals surface area contributed by atoms with E-state index in [1.165, 1.54) is 24.3 Å². The first-order valence-electron chi connectivity index (χ1n) is 6.30. The fraction of sp³-hybridized carbons (Fsp3) is 0.500. The molecule has 0 bridgehead atoms. The van der Waals surface area contributed by atoms with Gasteiger partial charge in [0.25, 0.3) is 5.69 Å². The number of carbonyl (C=O) groups excluding carboxylic acids is 1. The van der Waals surface area contributed by atoms with Gasteiger partial charge in [0.05, 0.1) is 11.5 Å². The van der Waals surface area contributed by atoms with Gasteiger partial charge in [-0.3, -0.25) is 19.8 Å². The Balaban J connectivity index is 2.70.